The molecule has 0 aliphatic heterocycles. The van der Waals surface area contributed by atoms with E-state index in [0.29, 0.717) is 0 Å². The first-order chi connectivity index (χ1) is 8.88. The Hall–Kier alpha value is -0.0400. The lowest BCUT2D eigenvalue weighted by molar-refractivity contribution is 0.256. The topological polar surface area (TPSA) is 12.0 Å². The molecule has 18 heavy (non-hydrogen) atoms. The van der Waals surface area contributed by atoms with Gasteiger partial charge in [-0.05, 0) is 31.7 Å². The van der Waals surface area contributed by atoms with Gasteiger partial charge in [0.25, 0.3) is 0 Å². The molecule has 1 rings (SSSR count). The van der Waals surface area contributed by atoms with Gasteiger partial charge in [0.05, 0.1) is 0 Å². The van der Waals surface area contributed by atoms with Gasteiger partial charge in [0.15, 0.2) is 0 Å². The lowest BCUT2D eigenvalue weighted by atomic mass is 9.82. The summed E-state index contributed by atoms with van der Waals surface area (Å²) in [6, 6.07) is 0.821. The summed E-state index contributed by atoms with van der Waals surface area (Å²) in [5, 5.41) is 3.75. The molecule has 0 radical (unpaired) electrons. The van der Waals surface area contributed by atoms with Gasteiger partial charge in [-0.15, -0.1) is 0 Å². The molecule has 1 atom stereocenters. The molecule has 1 heteroatoms. The molecular formula is C17H35N. The lowest BCUT2D eigenvalue weighted by Crippen LogP contribution is -2.37. The molecule has 0 aromatic heterocycles. The first kappa shape index (κ1) is 16.0. The van der Waals surface area contributed by atoms with Crippen LogP contribution in [0.3, 0.4) is 0 Å². The third-order valence-electron chi connectivity index (χ3n) is 4.55. The van der Waals surface area contributed by atoms with Gasteiger partial charge in [0.1, 0.15) is 0 Å². The van der Waals surface area contributed by atoms with Gasteiger partial charge in [-0.25, -0.2) is 0 Å². The molecule has 1 N–H and O–H groups in total. The summed E-state index contributed by atoms with van der Waals surface area (Å²) >= 11 is 0. The molecule has 1 fully saturated rings. The van der Waals surface area contributed by atoms with Gasteiger partial charge in [-0.1, -0.05) is 71.6 Å². The fraction of sp³-hybridized carbons (Fsp3) is 1.00. The zero-order valence-corrected chi connectivity index (χ0v) is 12.8. The summed E-state index contributed by atoms with van der Waals surface area (Å²) in [5.41, 5.74) is 0. The van der Waals surface area contributed by atoms with E-state index in [4.69, 9.17) is 0 Å². The van der Waals surface area contributed by atoms with Crippen molar-refractivity contribution in [1.82, 2.24) is 5.32 Å². The molecule has 108 valence electrons. The highest BCUT2D eigenvalue weighted by atomic mass is 14.9. The van der Waals surface area contributed by atoms with E-state index < -0.39 is 0 Å². The van der Waals surface area contributed by atoms with Crippen molar-refractivity contribution in [2.45, 2.75) is 96.9 Å². The second-order valence-corrected chi connectivity index (χ2v) is 6.12. The molecule has 1 aliphatic rings. The van der Waals surface area contributed by atoms with Crippen LogP contribution in [0.25, 0.3) is 0 Å². The van der Waals surface area contributed by atoms with Crippen LogP contribution >= 0.6 is 0 Å². The van der Waals surface area contributed by atoms with Crippen LogP contribution in [0.15, 0.2) is 0 Å². The Morgan fingerprint density at radius 2 is 1.56 bits per heavy atom. The van der Waals surface area contributed by atoms with Gasteiger partial charge >= 0.3 is 0 Å². The minimum Gasteiger partial charge on any atom is -0.314 e. The molecule has 0 amide bonds. The highest BCUT2D eigenvalue weighted by Gasteiger charge is 2.22. The van der Waals surface area contributed by atoms with Crippen molar-refractivity contribution >= 4 is 0 Å². The maximum absolute atomic E-state index is 3.75. The van der Waals surface area contributed by atoms with Crippen molar-refractivity contribution in [3.05, 3.63) is 0 Å². The van der Waals surface area contributed by atoms with Crippen molar-refractivity contribution in [1.29, 1.82) is 0 Å². The Kier molecular flexibility index (Phi) is 9.65. The SMILES string of the molecule is CCCCCCCCC(NCC)C1CCCCC1. The third-order valence-corrected chi connectivity index (χ3v) is 4.55. The summed E-state index contributed by atoms with van der Waals surface area (Å²) in [5.74, 6) is 0.981. The molecule has 1 aliphatic carbocycles. The number of hydrogen-bond acceptors (Lipinski definition) is 1. The summed E-state index contributed by atoms with van der Waals surface area (Å²) in [4.78, 5) is 0. The fourth-order valence-electron chi connectivity index (χ4n) is 3.45. The van der Waals surface area contributed by atoms with E-state index in [9.17, 15) is 0 Å². The van der Waals surface area contributed by atoms with Crippen molar-refractivity contribution in [3.63, 3.8) is 0 Å². The maximum atomic E-state index is 3.75. The van der Waals surface area contributed by atoms with Crippen LogP contribution in [-0.2, 0) is 0 Å². The summed E-state index contributed by atoms with van der Waals surface area (Å²) in [6.45, 7) is 5.71. The molecular weight excluding hydrogens is 218 g/mol. The summed E-state index contributed by atoms with van der Waals surface area (Å²) in [6.07, 6.45) is 17.4. The molecule has 0 spiro atoms. The molecule has 1 nitrogen and oxygen atoms in total. The van der Waals surface area contributed by atoms with Gasteiger partial charge in [0.2, 0.25) is 0 Å². The minimum absolute atomic E-state index is 0.821. The summed E-state index contributed by atoms with van der Waals surface area (Å²) in [7, 11) is 0. The molecule has 0 heterocycles. The van der Waals surface area contributed by atoms with Crippen molar-refractivity contribution < 1.29 is 0 Å². The first-order valence-electron chi connectivity index (χ1n) is 8.61. The van der Waals surface area contributed by atoms with Crippen molar-refractivity contribution in [2.75, 3.05) is 6.54 Å². The number of rotatable bonds is 10. The molecule has 0 saturated heterocycles. The Morgan fingerprint density at radius 3 is 2.22 bits per heavy atom. The fourth-order valence-corrected chi connectivity index (χ4v) is 3.45. The Morgan fingerprint density at radius 1 is 0.889 bits per heavy atom. The number of unbranched alkanes of at least 4 members (excludes halogenated alkanes) is 5. The van der Waals surface area contributed by atoms with Gasteiger partial charge in [0, 0.05) is 6.04 Å². The van der Waals surface area contributed by atoms with E-state index in [1.165, 1.54) is 77.0 Å². The highest BCUT2D eigenvalue weighted by molar-refractivity contribution is 4.79. The average Bonchev–Trinajstić information content (AvgIpc) is 2.42. The molecule has 0 bridgehead atoms. The third kappa shape index (κ3) is 6.78. The van der Waals surface area contributed by atoms with E-state index in [1.54, 1.807) is 0 Å². The smallest absolute Gasteiger partial charge is 0.00952 e. The lowest BCUT2D eigenvalue weighted by Gasteiger charge is -2.31. The average molecular weight is 253 g/mol. The number of nitrogens with one attached hydrogen (secondary N) is 1. The van der Waals surface area contributed by atoms with Gasteiger partial charge in [-0.2, -0.15) is 0 Å². The molecule has 0 aromatic rings. The highest BCUT2D eigenvalue weighted by Crippen LogP contribution is 2.28. The second-order valence-electron chi connectivity index (χ2n) is 6.12. The zero-order valence-electron chi connectivity index (χ0n) is 12.8. The quantitative estimate of drug-likeness (QED) is 0.521. The Bertz CT molecular complexity index is 172. The van der Waals surface area contributed by atoms with E-state index in [2.05, 4.69) is 19.2 Å². The van der Waals surface area contributed by atoms with Crippen LogP contribution in [-0.4, -0.2) is 12.6 Å². The molecule has 1 unspecified atom stereocenters. The van der Waals surface area contributed by atoms with E-state index in [1.807, 2.05) is 0 Å². The van der Waals surface area contributed by atoms with E-state index >= 15 is 0 Å². The van der Waals surface area contributed by atoms with Crippen LogP contribution < -0.4 is 5.32 Å². The summed E-state index contributed by atoms with van der Waals surface area (Å²) < 4.78 is 0. The largest absolute Gasteiger partial charge is 0.314 e. The van der Waals surface area contributed by atoms with Gasteiger partial charge in [-0.3, -0.25) is 0 Å². The van der Waals surface area contributed by atoms with Gasteiger partial charge < -0.3 is 5.32 Å². The van der Waals surface area contributed by atoms with E-state index in [-0.39, 0.29) is 0 Å². The first-order valence-corrected chi connectivity index (χ1v) is 8.61. The Balaban J connectivity index is 2.12. The van der Waals surface area contributed by atoms with Crippen LogP contribution in [0.1, 0.15) is 90.9 Å². The minimum atomic E-state index is 0.821. The van der Waals surface area contributed by atoms with Crippen molar-refractivity contribution in [3.8, 4) is 0 Å². The van der Waals surface area contributed by atoms with Crippen molar-refractivity contribution in [2.24, 2.45) is 5.92 Å². The zero-order chi connectivity index (χ0) is 13.1. The maximum Gasteiger partial charge on any atom is 0.00952 e. The molecule has 1 saturated carbocycles. The van der Waals surface area contributed by atoms with Crippen LogP contribution in [0.4, 0.5) is 0 Å². The number of hydrogen-bond donors (Lipinski definition) is 1. The predicted molar refractivity (Wildman–Crippen MR) is 82.0 cm³/mol. The van der Waals surface area contributed by atoms with Crippen LogP contribution in [0.5, 0.6) is 0 Å². The standard InChI is InChI=1S/C17H35N/c1-3-5-6-7-8-12-15-17(18-4-2)16-13-10-9-11-14-16/h16-18H,3-15H2,1-2H3. The predicted octanol–water partition coefficient (Wildman–Crippen LogP) is 5.30. The van der Waals surface area contributed by atoms with Crippen LogP contribution in [0.2, 0.25) is 0 Å². The second kappa shape index (κ2) is 10.8. The normalized spacial score (nSPS) is 19.0. The van der Waals surface area contributed by atoms with E-state index in [0.717, 1.165) is 18.5 Å². The molecule has 0 aromatic carbocycles. The monoisotopic (exact) mass is 253 g/mol. The van der Waals surface area contributed by atoms with Crippen LogP contribution in [0, 0.1) is 5.92 Å². The Labute approximate surface area is 115 Å².